The standard InChI is InChI=1S/C20H17N3O5S.C19H14ClN3O5S/c1-13-2-6-17(7-3-13)29-20-9-5-16(22(25)26)10-14(20)12-21-15-4-8-19(24)18(11-15)23(27)28;20-13-1-5-16(6-2-13)29-19-8-4-15(22(25)26)9-12(19)11-21-14-3-7-18(24)17(10-14)23(27)28/h2-11,21,24H,12H2,1H3;1-10,21,24H,11H2. The zero-order valence-electron chi connectivity index (χ0n) is 30.1. The van der Waals surface area contributed by atoms with Gasteiger partial charge in [0.2, 0.25) is 0 Å². The minimum Gasteiger partial charge on any atom is -0.502 e. The number of aryl methyl sites for hydroxylation is 1. The molecule has 16 nitrogen and oxygen atoms in total. The van der Waals surface area contributed by atoms with Gasteiger partial charge in [-0.2, -0.15) is 0 Å². The monoisotopic (exact) mass is 842 g/mol. The molecule has 0 aliphatic heterocycles. The molecular formula is C39H31ClN6O10S2. The van der Waals surface area contributed by atoms with Crippen LogP contribution in [0.2, 0.25) is 5.02 Å². The Morgan fingerprint density at radius 3 is 1.31 bits per heavy atom. The molecule has 0 aliphatic carbocycles. The van der Waals surface area contributed by atoms with E-state index in [1.807, 2.05) is 43.3 Å². The molecule has 6 aromatic rings. The molecule has 19 heteroatoms. The van der Waals surface area contributed by atoms with E-state index in [4.69, 9.17) is 11.6 Å². The molecule has 0 aromatic heterocycles. The van der Waals surface area contributed by atoms with Crippen LogP contribution in [0.5, 0.6) is 11.5 Å². The molecule has 0 amide bonds. The van der Waals surface area contributed by atoms with E-state index in [2.05, 4.69) is 10.6 Å². The van der Waals surface area contributed by atoms with Crippen LogP contribution in [0.4, 0.5) is 34.1 Å². The first-order valence-corrected chi connectivity index (χ1v) is 18.8. The second kappa shape index (κ2) is 19.3. The van der Waals surface area contributed by atoms with Crippen LogP contribution in [0.25, 0.3) is 0 Å². The maximum Gasteiger partial charge on any atom is 0.312 e. The molecule has 0 fully saturated rings. The van der Waals surface area contributed by atoms with Gasteiger partial charge in [0.1, 0.15) is 0 Å². The van der Waals surface area contributed by atoms with Crippen LogP contribution >= 0.6 is 35.1 Å². The highest BCUT2D eigenvalue weighted by Crippen LogP contribution is 2.36. The first kappa shape index (κ1) is 42.3. The molecule has 0 aliphatic rings. The third-order valence-corrected chi connectivity index (χ3v) is 10.6. The number of anilines is 2. The van der Waals surface area contributed by atoms with Gasteiger partial charge in [0, 0.05) is 85.5 Å². The van der Waals surface area contributed by atoms with Gasteiger partial charge < -0.3 is 20.8 Å². The molecule has 0 heterocycles. The normalized spacial score (nSPS) is 10.5. The van der Waals surface area contributed by atoms with Gasteiger partial charge in [-0.25, -0.2) is 0 Å². The lowest BCUT2D eigenvalue weighted by Gasteiger charge is -2.12. The van der Waals surface area contributed by atoms with E-state index in [9.17, 15) is 50.7 Å². The van der Waals surface area contributed by atoms with Gasteiger partial charge in [0.25, 0.3) is 11.4 Å². The van der Waals surface area contributed by atoms with Crippen molar-refractivity contribution in [3.63, 3.8) is 0 Å². The molecule has 4 N–H and O–H groups in total. The number of nitrogens with zero attached hydrogens (tertiary/aromatic N) is 4. The van der Waals surface area contributed by atoms with Crippen molar-refractivity contribution in [2.24, 2.45) is 0 Å². The smallest absolute Gasteiger partial charge is 0.312 e. The van der Waals surface area contributed by atoms with E-state index in [-0.39, 0.29) is 24.5 Å². The number of aromatic hydroxyl groups is 2. The molecule has 0 saturated carbocycles. The Morgan fingerprint density at radius 1 is 0.534 bits per heavy atom. The zero-order chi connectivity index (χ0) is 41.9. The average molecular weight is 843 g/mol. The SMILES string of the molecule is Cc1ccc(Sc2ccc([N+](=O)[O-])cc2CNc2ccc(O)c([N+](=O)[O-])c2)cc1.O=[N+]([O-])c1ccc(Sc2ccc(Cl)cc2)c(CNc2ccc(O)c([N+](=O)[O-])c2)c1. The molecule has 0 unspecified atom stereocenters. The molecule has 6 rings (SSSR count). The molecule has 58 heavy (non-hydrogen) atoms. The van der Waals surface area contributed by atoms with Crippen molar-refractivity contribution in [2.75, 3.05) is 10.6 Å². The fourth-order valence-electron chi connectivity index (χ4n) is 5.15. The lowest BCUT2D eigenvalue weighted by Crippen LogP contribution is -2.02. The molecule has 0 atom stereocenters. The van der Waals surface area contributed by atoms with E-state index in [1.54, 1.807) is 24.3 Å². The maximum atomic E-state index is 11.2. The van der Waals surface area contributed by atoms with Crippen molar-refractivity contribution >= 4 is 69.2 Å². The number of benzene rings is 6. The Kier molecular flexibility index (Phi) is 14.1. The van der Waals surface area contributed by atoms with Crippen molar-refractivity contribution < 1.29 is 29.9 Å². The van der Waals surface area contributed by atoms with E-state index in [1.165, 1.54) is 84.2 Å². The number of phenolic OH excluding ortho intramolecular Hbond substituents is 2. The quantitative estimate of drug-likeness (QED) is 0.0453. The fraction of sp³-hybridized carbons (Fsp3) is 0.0769. The second-order valence-electron chi connectivity index (χ2n) is 12.2. The number of rotatable bonds is 14. The topological polar surface area (TPSA) is 237 Å². The average Bonchev–Trinajstić information content (AvgIpc) is 3.19. The van der Waals surface area contributed by atoms with Crippen molar-refractivity contribution in [1.82, 2.24) is 0 Å². The minimum absolute atomic E-state index is 0.0354. The van der Waals surface area contributed by atoms with E-state index in [0.29, 0.717) is 27.5 Å². The molecule has 0 radical (unpaired) electrons. The van der Waals surface area contributed by atoms with Crippen molar-refractivity contribution in [1.29, 1.82) is 0 Å². The third kappa shape index (κ3) is 11.6. The summed E-state index contributed by atoms with van der Waals surface area (Å²) in [4.78, 5) is 45.5. The number of nitrogens with one attached hydrogen (secondary N) is 2. The van der Waals surface area contributed by atoms with Crippen LogP contribution in [0.3, 0.4) is 0 Å². The van der Waals surface area contributed by atoms with Crippen LogP contribution in [-0.4, -0.2) is 29.9 Å². The Bertz CT molecular complexity index is 2320. The van der Waals surface area contributed by atoms with Crippen LogP contribution in [0.15, 0.2) is 141 Å². The highest BCUT2D eigenvalue weighted by atomic mass is 35.5. The molecule has 296 valence electrons. The summed E-state index contributed by atoms with van der Waals surface area (Å²) < 4.78 is 0. The molecular weight excluding hydrogens is 812 g/mol. The van der Waals surface area contributed by atoms with Crippen molar-refractivity contribution in [2.45, 2.75) is 39.6 Å². The number of hydrogen-bond donors (Lipinski definition) is 4. The van der Waals surface area contributed by atoms with Crippen LogP contribution < -0.4 is 10.6 Å². The molecule has 6 aromatic carbocycles. The maximum absolute atomic E-state index is 11.2. The predicted molar refractivity (Wildman–Crippen MR) is 221 cm³/mol. The Labute approximate surface area is 343 Å². The lowest BCUT2D eigenvalue weighted by atomic mass is 10.2. The third-order valence-electron chi connectivity index (χ3n) is 8.11. The number of non-ortho nitro benzene ring substituents is 2. The lowest BCUT2D eigenvalue weighted by molar-refractivity contribution is -0.385. The fourth-order valence-corrected chi connectivity index (χ4v) is 7.13. The van der Waals surface area contributed by atoms with Gasteiger partial charge in [-0.1, -0.05) is 52.8 Å². The van der Waals surface area contributed by atoms with E-state index in [0.717, 1.165) is 25.1 Å². The van der Waals surface area contributed by atoms with Crippen LogP contribution in [-0.2, 0) is 13.1 Å². The van der Waals surface area contributed by atoms with Gasteiger partial charge in [-0.3, -0.25) is 40.5 Å². The summed E-state index contributed by atoms with van der Waals surface area (Å²) >= 11 is 8.80. The van der Waals surface area contributed by atoms with Gasteiger partial charge in [0.05, 0.1) is 19.7 Å². The molecule has 0 bridgehead atoms. The number of nitro groups is 4. The van der Waals surface area contributed by atoms with Gasteiger partial charge >= 0.3 is 11.4 Å². The van der Waals surface area contributed by atoms with Crippen LogP contribution in [0, 0.1) is 47.4 Å². The first-order valence-electron chi connectivity index (χ1n) is 16.8. The summed E-state index contributed by atoms with van der Waals surface area (Å²) in [6.07, 6.45) is 0. The first-order chi connectivity index (χ1) is 27.7. The Balaban J connectivity index is 0.000000221. The van der Waals surface area contributed by atoms with E-state index >= 15 is 0 Å². The van der Waals surface area contributed by atoms with Crippen molar-refractivity contribution in [3.8, 4) is 11.5 Å². The zero-order valence-corrected chi connectivity index (χ0v) is 32.5. The Hall–Kier alpha value is -6.89. The van der Waals surface area contributed by atoms with Gasteiger partial charge in [-0.15, -0.1) is 0 Å². The summed E-state index contributed by atoms with van der Waals surface area (Å²) in [5.74, 6) is -0.860. The molecule has 0 spiro atoms. The number of nitro benzene ring substituents is 4. The largest absolute Gasteiger partial charge is 0.502 e. The highest BCUT2D eigenvalue weighted by molar-refractivity contribution is 7.99. The summed E-state index contributed by atoms with van der Waals surface area (Å²) in [7, 11) is 0. The Morgan fingerprint density at radius 2 is 0.931 bits per heavy atom. The summed E-state index contributed by atoms with van der Waals surface area (Å²) in [5.41, 5.74) is 2.36. The van der Waals surface area contributed by atoms with Gasteiger partial charge in [-0.05, 0) is 90.8 Å². The highest BCUT2D eigenvalue weighted by Gasteiger charge is 2.17. The van der Waals surface area contributed by atoms with Crippen molar-refractivity contribution in [3.05, 3.63) is 183 Å². The molecule has 0 saturated heterocycles. The summed E-state index contributed by atoms with van der Waals surface area (Å²) in [5, 5.41) is 70.1. The number of phenols is 2. The minimum atomic E-state index is -0.685. The summed E-state index contributed by atoms with van der Waals surface area (Å²) in [6, 6.07) is 32.2. The number of halogens is 1. The van der Waals surface area contributed by atoms with Crippen LogP contribution in [0.1, 0.15) is 16.7 Å². The van der Waals surface area contributed by atoms with E-state index < -0.39 is 42.6 Å². The summed E-state index contributed by atoms with van der Waals surface area (Å²) in [6.45, 7) is 2.41. The predicted octanol–water partition coefficient (Wildman–Crippen LogP) is 10.9. The van der Waals surface area contributed by atoms with Gasteiger partial charge in [0.15, 0.2) is 11.5 Å². The number of hydrogen-bond acceptors (Lipinski definition) is 14. The second-order valence-corrected chi connectivity index (χ2v) is 14.9.